The molecule has 1 aliphatic rings. The summed E-state index contributed by atoms with van der Waals surface area (Å²) in [6.07, 6.45) is 5.75. The minimum atomic E-state index is 0.283. The molecule has 0 saturated carbocycles. The highest BCUT2D eigenvalue weighted by molar-refractivity contribution is 5.36. The van der Waals surface area contributed by atoms with Crippen LogP contribution in [0.2, 0.25) is 0 Å². The molecule has 0 spiro atoms. The van der Waals surface area contributed by atoms with Gasteiger partial charge in [-0.3, -0.25) is 11.3 Å². The van der Waals surface area contributed by atoms with Crippen LogP contribution in [-0.2, 0) is 25.7 Å². The van der Waals surface area contributed by atoms with Crippen molar-refractivity contribution in [2.75, 3.05) is 0 Å². The predicted octanol–water partition coefficient (Wildman–Crippen LogP) is 3.10. The summed E-state index contributed by atoms with van der Waals surface area (Å²) in [6, 6.07) is 15.8. The Morgan fingerprint density at radius 2 is 1.86 bits per heavy atom. The second kappa shape index (κ2) is 6.42. The molecule has 1 aliphatic carbocycles. The molecule has 0 fully saturated rings. The van der Waals surface area contributed by atoms with Gasteiger partial charge >= 0.3 is 0 Å². The van der Waals surface area contributed by atoms with Crippen molar-refractivity contribution in [3.05, 3.63) is 70.3 Å². The largest absolute Gasteiger partial charge is 0.271 e. The third-order valence-electron chi connectivity index (χ3n) is 4.61. The summed E-state index contributed by atoms with van der Waals surface area (Å²) in [6.45, 7) is 2.16. The van der Waals surface area contributed by atoms with Gasteiger partial charge in [0.2, 0.25) is 0 Å². The van der Waals surface area contributed by atoms with Crippen molar-refractivity contribution >= 4 is 0 Å². The Hall–Kier alpha value is -1.64. The zero-order valence-corrected chi connectivity index (χ0v) is 12.7. The first-order valence-corrected chi connectivity index (χ1v) is 7.87. The summed E-state index contributed by atoms with van der Waals surface area (Å²) in [4.78, 5) is 0. The van der Waals surface area contributed by atoms with Crippen molar-refractivity contribution < 1.29 is 0 Å². The molecule has 0 heterocycles. The van der Waals surface area contributed by atoms with Crippen LogP contribution >= 0.6 is 0 Å². The summed E-state index contributed by atoms with van der Waals surface area (Å²) in [5.74, 6) is 5.78. The van der Waals surface area contributed by atoms with E-state index in [1.807, 2.05) is 0 Å². The fourth-order valence-electron chi connectivity index (χ4n) is 3.33. The number of hydrazine groups is 1. The average Bonchev–Trinajstić information content (AvgIpc) is 2.96. The molecule has 1 unspecified atom stereocenters. The van der Waals surface area contributed by atoms with Crippen LogP contribution in [0.1, 0.15) is 34.2 Å². The maximum absolute atomic E-state index is 5.78. The van der Waals surface area contributed by atoms with Crippen molar-refractivity contribution in [2.45, 2.75) is 45.1 Å². The van der Waals surface area contributed by atoms with Gasteiger partial charge in [-0.05, 0) is 66.8 Å². The highest BCUT2D eigenvalue weighted by Crippen LogP contribution is 2.23. The maximum Gasteiger partial charge on any atom is 0.0291 e. The molecule has 110 valence electrons. The predicted molar refractivity (Wildman–Crippen MR) is 88.2 cm³/mol. The Labute approximate surface area is 127 Å². The Kier molecular flexibility index (Phi) is 4.37. The molecule has 1 atom stereocenters. The first-order chi connectivity index (χ1) is 10.3. The molecule has 2 heteroatoms. The van der Waals surface area contributed by atoms with Crippen LogP contribution in [0.3, 0.4) is 0 Å². The molecule has 0 radical (unpaired) electrons. The number of hydrogen-bond donors (Lipinski definition) is 2. The van der Waals surface area contributed by atoms with Gasteiger partial charge in [0.25, 0.3) is 0 Å². The molecular formula is C19H24N2. The summed E-state index contributed by atoms with van der Waals surface area (Å²) >= 11 is 0. The summed E-state index contributed by atoms with van der Waals surface area (Å²) in [7, 11) is 0. The lowest BCUT2D eigenvalue weighted by molar-refractivity contribution is 0.521. The van der Waals surface area contributed by atoms with Crippen LogP contribution in [0.15, 0.2) is 42.5 Å². The number of fused-ring (bicyclic) bond motifs is 1. The second-order valence-corrected chi connectivity index (χ2v) is 6.15. The van der Waals surface area contributed by atoms with E-state index in [-0.39, 0.29) is 6.04 Å². The summed E-state index contributed by atoms with van der Waals surface area (Å²) in [5, 5.41) is 0. The number of aryl methyl sites for hydroxylation is 3. The van der Waals surface area contributed by atoms with Crippen molar-refractivity contribution in [1.82, 2.24) is 5.43 Å². The monoisotopic (exact) mass is 280 g/mol. The van der Waals surface area contributed by atoms with Crippen LogP contribution in [0.25, 0.3) is 0 Å². The zero-order chi connectivity index (χ0) is 14.7. The third kappa shape index (κ3) is 3.34. The normalized spacial score (nSPS) is 15.0. The maximum atomic E-state index is 5.78. The van der Waals surface area contributed by atoms with Crippen LogP contribution < -0.4 is 11.3 Å². The molecule has 2 aromatic rings. The molecule has 2 aromatic carbocycles. The van der Waals surface area contributed by atoms with Gasteiger partial charge in [-0.1, -0.05) is 42.5 Å². The van der Waals surface area contributed by atoms with E-state index in [2.05, 4.69) is 54.8 Å². The van der Waals surface area contributed by atoms with Crippen molar-refractivity contribution in [2.24, 2.45) is 5.84 Å². The van der Waals surface area contributed by atoms with E-state index in [1.54, 1.807) is 5.56 Å². The molecule has 3 rings (SSSR count). The van der Waals surface area contributed by atoms with Crippen LogP contribution in [0.5, 0.6) is 0 Å². The molecule has 21 heavy (non-hydrogen) atoms. The van der Waals surface area contributed by atoms with Crippen molar-refractivity contribution in [3.63, 3.8) is 0 Å². The second-order valence-electron chi connectivity index (χ2n) is 6.15. The lowest BCUT2D eigenvalue weighted by atomic mass is 9.95. The fourth-order valence-corrected chi connectivity index (χ4v) is 3.33. The van der Waals surface area contributed by atoms with Gasteiger partial charge in [0.15, 0.2) is 0 Å². The fraction of sp³-hybridized carbons (Fsp3) is 0.368. The molecule has 0 aromatic heterocycles. The molecule has 0 aliphatic heterocycles. The Morgan fingerprint density at radius 1 is 1.05 bits per heavy atom. The minimum Gasteiger partial charge on any atom is -0.271 e. The van der Waals surface area contributed by atoms with Gasteiger partial charge in [-0.15, -0.1) is 0 Å². The first kappa shape index (κ1) is 14.3. The Bertz CT molecular complexity index is 619. The van der Waals surface area contributed by atoms with Gasteiger partial charge < -0.3 is 0 Å². The Morgan fingerprint density at radius 3 is 2.67 bits per heavy atom. The lowest BCUT2D eigenvalue weighted by Crippen LogP contribution is -2.38. The zero-order valence-electron chi connectivity index (χ0n) is 12.7. The van der Waals surface area contributed by atoms with E-state index in [0.717, 1.165) is 12.8 Å². The summed E-state index contributed by atoms with van der Waals surface area (Å²) in [5.41, 5.74) is 10.2. The number of rotatable bonds is 5. The SMILES string of the molecule is Cc1ccccc1CC(Cc1ccc2c(c1)CCC2)NN. The van der Waals surface area contributed by atoms with E-state index < -0.39 is 0 Å². The lowest BCUT2D eigenvalue weighted by Gasteiger charge is -2.18. The number of nitrogens with two attached hydrogens (primary N) is 1. The van der Waals surface area contributed by atoms with E-state index in [9.17, 15) is 0 Å². The molecule has 0 bridgehead atoms. The van der Waals surface area contributed by atoms with E-state index >= 15 is 0 Å². The molecule has 0 saturated heterocycles. The van der Waals surface area contributed by atoms with E-state index in [0.29, 0.717) is 0 Å². The number of benzene rings is 2. The van der Waals surface area contributed by atoms with Gasteiger partial charge in [-0.2, -0.15) is 0 Å². The van der Waals surface area contributed by atoms with Gasteiger partial charge in [-0.25, -0.2) is 0 Å². The molecule has 2 nitrogen and oxygen atoms in total. The van der Waals surface area contributed by atoms with E-state index in [1.165, 1.54) is 41.5 Å². The molecular weight excluding hydrogens is 256 g/mol. The van der Waals surface area contributed by atoms with Crippen LogP contribution in [-0.4, -0.2) is 6.04 Å². The van der Waals surface area contributed by atoms with Crippen molar-refractivity contribution in [1.29, 1.82) is 0 Å². The standard InChI is InChI=1S/C19H24N2/c1-14-5-2-3-6-17(14)13-19(21-20)12-15-9-10-16-7-4-8-18(16)11-15/h2-3,5-6,9-11,19,21H,4,7-8,12-13,20H2,1H3. The average molecular weight is 280 g/mol. The quantitative estimate of drug-likeness (QED) is 0.652. The smallest absolute Gasteiger partial charge is 0.0291 e. The number of nitrogens with one attached hydrogen (secondary N) is 1. The van der Waals surface area contributed by atoms with Crippen LogP contribution in [0, 0.1) is 6.92 Å². The van der Waals surface area contributed by atoms with E-state index in [4.69, 9.17) is 5.84 Å². The van der Waals surface area contributed by atoms with Crippen LogP contribution in [0.4, 0.5) is 0 Å². The first-order valence-electron chi connectivity index (χ1n) is 7.87. The third-order valence-corrected chi connectivity index (χ3v) is 4.61. The van der Waals surface area contributed by atoms with Gasteiger partial charge in [0.1, 0.15) is 0 Å². The Balaban J connectivity index is 1.71. The number of hydrogen-bond acceptors (Lipinski definition) is 2. The minimum absolute atomic E-state index is 0.283. The summed E-state index contributed by atoms with van der Waals surface area (Å²) < 4.78 is 0. The van der Waals surface area contributed by atoms with Gasteiger partial charge in [0, 0.05) is 6.04 Å². The topological polar surface area (TPSA) is 38.0 Å². The molecule has 0 amide bonds. The van der Waals surface area contributed by atoms with Crippen molar-refractivity contribution in [3.8, 4) is 0 Å². The van der Waals surface area contributed by atoms with Gasteiger partial charge in [0.05, 0.1) is 0 Å². The highest BCUT2D eigenvalue weighted by Gasteiger charge is 2.14. The molecule has 3 N–H and O–H groups in total. The highest BCUT2D eigenvalue weighted by atomic mass is 15.2.